The van der Waals surface area contributed by atoms with Gasteiger partial charge in [-0.15, -0.1) is 0 Å². The number of nitrogens with one attached hydrogen (secondary N) is 2. The van der Waals surface area contributed by atoms with Crippen LogP contribution in [-0.2, 0) is 49.3 Å². The average Bonchev–Trinajstić information content (AvgIpc) is 3.78. The normalized spacial score (nSPS) is 30.1. The highest BCUT2D eigenvalue weighted by atomic mass is 16.7. The SMILES string of the molecule is CCC(CC)C1CC(=O)N(CC(=O)NCCNC(=O)[C@]2(O)Cc3c(O)c4c(c(O)c3[C@@H](O[C@@H]3C[C@H]5[C@H](O[C@@H]6[C@@H](OC)OCCN65)[C@H](C)O3)C2)C(=O)c2c(OC)cccc2C4=O)C1=O. The summed E-state index contributed by atoms with van der Waals surface area (Å²) < 4.78 is 35.9. The Balaban J connectivity index is 1.04. The maximum atomic E-state index is 14.2. The highest BCUT2D eigenvalue weighted by Gasteiger charge is 2.55. The summed E-state index contributed by atoms with van der Waals surface area (Å²) in [5, 5.41) is 41.4. The topological polar surface area (TPSA) is 249 Å². The molecule has 0 saturated carbocycles. The lowest BCUT2D eigenvalue weighted by molar-refractivity contribution is -0.256. The summed E-state index contributed by atoms with van der Waals surface area (Å²) in [6, 6.07) is 4.17. The third-order valence-corrected chi connectivity index (χ3v) is 13.5. The van der Waals surface area contributed by atoms with E-state index >= 15 is 0 Å². The van der Waals surface area contributed by atoms with Crippen LogP contribution in [0, 0.1) is 11.8 Å². The minimum atomic E-state index is -2.33. The first-order chi connectivity index (χ1) is 30.2. The monoisotopic (exact) mass is 878 g/mol. The lowest BCUT2D eigenvalue weighted by Gasteiger charge is -2.43. The number of ether oxygens (including phenoxy) is 6. The Hall–Kier alpha value is -5.02. The number of phenols is 2. The number of phenolic OH excluding ortho intramolecular Hbond substituents is 2. The third kappa shape index (κ3) is 7.66. The molecule has 0 spiro atoms. The molecule has 2 aliphatic carbocycles. The predicted molar refractivity (Wildman–Crippen MR) is 217 cm³/mol. The highest BCUT2D eigenvalue weighted by molar-refractivity contribution is 6.31. The zero-order valence-electron chi connectivity index (χ0n) is 35.8. The first kappa shape index (κ1) is 44.6. The van der Waals surface area contributed by atoms with Crippen LogP contribution >= 0.6 is 0 Å². The van der Waals surface area contributed by atoms with E-state index in [2.05, 4.69) is 15.5 Å². The smallest absolute Gasteiger partial charge is 0.252 e. The standard InChI is InChI=1S/C44H54N4O15/c1-6-21(7-2)23-15-29(50)48(40(23)55)19-28(49)45-11-12-46-43(56)44(57)17-24-32(38(54)34-33(36(24)52)35(51)22-9-8-10-26(58-4)31(22)37(34)53)27(18-44)62-30-16-25-39(20(3)61-30)63-41-42(59-5)60-14-13-47(25)41/h8-10,20-21,23,25,27,30,39,41-42,52,54,57H,6-7,11-19H2,1-5H3,(H,45,49)(H,46,56)/t20-,23?,25-,27-,30+,39+,41+,42-,44-/m0/s1. The number of imide groups is 1. The molecule has 5 N–H and O–H groups in total. The van der Waals surface area contributed by atoms with Crippen LogP contribution in [0.1, 0.15) is 102 Å². The zero-order valence-corrected chi connectivity index (χ0v) is 35.8. The molecule has 8 rings (SSSR count). The van der Waals surface area contributed by atoms with Gasteiger partial charge in [-0.1, -0.05) is 38.8 Å². The molecule has 2 aromatic carbocycles. The second kappa shape index (κ2) is 17.5. The van der Waals surface area contributed by atoms with Crippen molar-refractivity contribution in [2.75, 3.05) is 47.0 Å². The van der Waals surface area contributed by atoms with Gasteiger partial charge >= 0.3 is 0 Å². The Labute approximate surface area is 363 Å². The lowest BCUT2D eigenvalue weighted by atomic mass is 9.72. The van der Waals surface area contributed by atoms with Gasteiger partial charge in [-0.05, 0) is 18.9 Å². The highest BCUT2D eigenvalue weighted by Crippen LogP contribution is 2.53. The van der Waals surface area contributed by atoms with E-state index in [9.17, 15) is 44.1 Å². The lowest BCUT2D eigenvalue weighted by Crippen LogP contribution is -2.55. The molecule has 4 fully saturated rings. The number of benzene rings is 2. The van der Waals surface area contributed by atoms with Crippen LogP contribution in [0.25, 0.3) is 0 Å². The number of likely N-dealkylation sites (tertiary alicyclic amines) is 1. The molecule has 1 unspecified atom stereocenters. The molecule has 19 nitrogen and oxygen atoms in total. The third-order valence-electron chi connectivity index (χ3n) is 13.5. The van der Waals surface area contributed by atoms with Crippen molar-refractivity contribution in [3.05, 3.63) is 51.6 Å². The Morgan fingerprint density at radius 1 is 0.984 bits per heavy atom. The van der Waals surface area contributed by atoms with Crippen LogP contribution in [-0.4, -0.2) is 150 Å². The van der Waals surface area contributed by atoms with Crippen LogP contribution in [0.2, 0.25) is 0 Å². The van der Waals surface area contributed by atoms with Crippen molar-refractivity contribution >= 4 is 35.2 Å². The molecule has 4 aliphatic heterocycles. The predicted octanol–water partition coefficient (Wildman–Crippen LogP) is 1.19. The Bertz CT molecular complexity index is 2210. The minimum absolute atomic E-state index is 0.0300. The Kier molecular flexibility index (Phi) is 12.4. The first-order valence-corrected chi connectivity index (χ1v) is 21.5. The van der Waals surface area contributed by atoms with Crippen LogP contribution in [0.15, 0.2) is 18.2 Å². The van der Waals surface area contributed by atoms with Crippen molar-refractivity contribution in [2.45, 2.75) is 108 Å². The van der Waals surface area contributed by atoms with E-state index in [1.165, 1.54) is 32.4 Å². The fourth-order valence-corrected chi connectivity index (χ4v) is 10.3. The number of hydrogen-bond acceptors (Lipinski definition) is 16. The van der Waals surface area contributed by atoms with Crippen LogP contribution < -0.4 is 15.4 Å². The minimum Gasteiger partial charge on any atom is -0.507 e. The van der Waals surface area contributed by atoms with Gasteiger partial charge in [-0.3, -0.25) is 38.6 Å². The van der Waals surface area contributed by atoms with E-state index in [0.717, 1.165) is 17.7 Å². The summed E-state index contributed by atoms with van der Waals surface area (Å²) in [7, 11) is 2.86. The molecule has 0 radical (unpaired) electrons. The molecule has 4 saturated heterocycles. The molecule has 2 aromatic rings. The van der Waals surface area contributed by atoms with Gasteiger partial charge in [0.25, 0.3) is 5.91 Å². The largest absolute Gasteiger partial charge is 0.507 e. The van der Waals surface area contributed by atoms with E-state index in [1.54, 1.807) is 0 Å². The number of amides is 4. The van der Waals surface area contributed by atoms with Crippen molar-refractivity contribution in [3.63, 3.8) is 0 Å². The van der Waals surface area contributed by atoms with Gasteiger partial charge in [-0.25, -0.2) is 0 Å². The van der Waals surface area contributed by atoms with Gasteiger partial charge in [0, 0.05) is 75.2 Å². The number of carbonyl (C=O) groups excluding carboxylic acids is 6. The molecule has 9 atom stereocenters. The summed E-state index contributed by atoms with van der Waals surface area (Å²) in [6.45, 7) is 5.85. The summed E-state index contributed by atoms with van der Waals surface area (Å²) in [5.41, 5.74) is -3.75. The van der Waals surface area contributed by atoms with E-state index in [0.29, 0.717) is 13.2 Å². The molecule has 19 heteroatoms. The molecule has 6 aliphatic rings. The first-order valence-electron chi connectivity index (χ1n) is 21.5. The number of carbonyl (C=O) groups is 6. The van der Waals surface area contributed by atoms with Gasteiger partial charge in [0.2, 0.25) is 23.5 Å². The van der Waals surface area contributed by atoms with Crippen molar-refractivity contribution in [1.82, 2.24) is 20.4 Å². The van der Waals surface area contributed by atoms with Crippen LogP contribution in [0.4, 0.5) is 0 Å². The number of hydrogen-bond donors (Lipinski definition) is 5. The molecule has 340 valence electrons. The number of aliphatic hydroxyl groups is 1. The fourth-order valence-electron chi connectivity index (χ4n) is 10.3. The maximum absolute atomic E-state index is 14.2. The van der Waals surface area contributed by atoms with Crippen LogP contribution in [0.5, 0.6) is 17.2 Å². The van der Waals surface area contributed by atoms with E-state index in [1.807, 2.05) is 20.8 Å². The van der Waals surface area contributed by atoms with Crippen molar-refractivity contribution in [1.29, 1.82) is 0 Å². The maximum Gasteiger partial charge on any atom is 0.252 e. The summed E-state index contributed by atoms with van der Waals surface area (Å²) in [4.78, 5) is 83.8. The quantitative estimate of drug-likeness (QED) is 0.0919. The van der Waals surface area contributed by atoms with E-state index in [-0.39, 0.29) is 77.9 Å². The van der Waals surface area contributed by atoms with Crippen LogP contribution in [0.3, 0.4) is 0 Å². The summed E-state index contributed by atoms with van der Waals surface area (Å²) >= 11 is 0. The second-order valence-electron chi connectivity index (χ2n) is 17.0. The number of nitrogens with zero attached hydrogens (tertiary/aromatic N) is 2. The Morgan fingerprint density at radius 3 is 2.43 bits per heavy atom. The summed E-state index contributed by atoms with van der Waals surface area (Å²) in [5.74, 6) is -5.63. The van der Waals surface area contributed by atoms with Gasteiger partial charge in [-0.2, -0.15) is 0 Å². The number of fused-ring (bicyclic) bond motifs is 6. The Morgan fingerprint density at radius 2 is 1.71 bits per heavy atom. The van der Waals surface area contributed by atoms with Crippen molar-refractivity contribution in [3.8, 4) is 17.2 Å². The van der Waals surface area contributed by atoms with E-state index in [4.69, 9.17) is 28.4 Å². The number of methoxy groups -OCH3 is 2. The average molecular weight is 879 g/mol. The van der Waals surface area contributed by atoms with Crippen molar-refractivity contribution < 1.29 is 72.5 Å². The van der Waals surface area contributed by atoms with Gasteiger partial charge in [0.15, 0.2) is 24.6 Å². The van der Waals surface area contributed by atoms with Gasteiger partial charge in [0.05, 0.1) is 48.5 Å². The number of morpholine rings is 1. The number of aromatic hydroxyl groups is 2. The number of rotatable bonds is 13. The van der Waals surface area contributed by atoms with E-state index < -0.39 is 114 Å². The number of ketones is 2. The summed E-state index contributed by atoms with van der Waals surface area (Å²) in [6.07, 6.45) is -3.81. The molecule has 4 amide bonds. The zero-order chi connectivity index (χ0) is 45.1. The second-order valence-corrected chi connectivity index (χ2v) is 17.0. The van der Waals surface area contributed by atoms with Crippen molar-refractivity contribution in [2.24, 2.45) is 11.8 Å². The molecule has 0 bridgehead atoms. The molecular formula is C44H54N4O15. The molecule has 4 heterocycles. The fraction of sp³-hybridized carbons (Fsp3) is 0.591. The van der Waals surface area contributed by atoms with Gasteiger partial charge in [0.1, 0.15) is 35.5 Å². The molecule has 63 heavy (non-hydrogen) atoms. The van der Waals surface area contributed by atoms with Gasteiger partial charge < -0.3 is 54.4 Å². The molecule has 0 aromatic heterocycles. The molecular weight excluding hydrogens is 824 g/mol.